The van der Waals surface area contributed by atoms with E-state index in [-0.39, 0.29) is 6.61 Å². The van der Waals surface area contributed by atoms with Gasteiger partial charge >= 0.3 is 13.1 Å². The smallest absolute Gasteiger partial charge is 0.486 e. The molecular formula is C22H31BO7. The number of carbonyl (C=O) groups is 1. The molecule has 0 aliphatic carbocycles. The van der Waals surface area contributed by atoms with Crippen molar-refractivity contribution in [2.75, 3.05) is 27.4 Å². The van der Waals surface area contributed by atoms with Gasteiger partial charge in [0.2, 0.25) is 0 Å². The van der Waals surface area contributed by atoms with Gasteiger partial charge in [-0.2, -0.15) is 0 Å². The van der Waals surface area contributed by atoms with Gasteiger partial charge in [0.25, 0.3) is 0 Å². The van der Waals surface area contributed by atoms with Crippen LogP contribution in [0.1, 0.15) is 40.2 Å². The molecule has 0 amide bonds. The minimum atomic E-state index is -0.438. The second-order valence-electron chi connectivity index (χ2n) is 7.69. The van der Waals surface area contributed by atoms with Gasteiger partial charge in [0, 0.05) is 17.7 Å². The Bertz CT molecular complexity index is 783. The first-order chi connectivity index (χ1) is 14.1. The molecule has 164 valence electrons. The number of carbonyl (C=O) groups excluding carboxylic acids is 1. The largest absolute Gasteiger partial charge is 0.493 e. The number of rotatable bonds is 9. The maximum Gasteiger partial charge on any atom is 0.486 e. The number of hydrogen-bond donors (Lipinski definition) is 0. The van der Waals surface area contributed by atoms with Crippen molar-refractivity contribution in [2.24, 2.45) is 0 Å². The molecule has 1 saturated heterocycles. The zero-order chi connectivity index (χ0) is 22.4. The molecule has 1 fully saturated rings. The molecule has 1 aromatic rings. The molecule has 7 nitrogen and oxygen atoms in total. The Morgan fingerprint density at radius 1 is 1.03 bits per heavy atom. The van der Waals surface area contributed by atoms with Gasteiger partial charge in [-0.3, -0.25) is 0 Å². The van der Waals surface area contributed by atoms with Crippen LogP contribution in [0.2, 0.25) is 0 Å². The van der Waals surface area contributed by atoms with E-state index >= 15 is 0 Å². The number of methoxy groups -OCH3 is 2. The minimum absolute atomic E-state index is 0.278. The van der Waals surface area contributed by atoms with E-state index < -0.39 is 24.3 Å². The van der Waals surface area contributed by atoms with Crippen molar-refractivity contribution in [1.82, 2.24) is 0 Å². The highest BCUT2D eigenvalue weighted by Gasteiger charge is 2.49. The van der Waals surface area contributed by atoms with E-state index in [0.29, 0.717) is 29.4 Å². The van der Waals surface area contributed by atoms with Crippen molar-refractivity contribution in [3.8, 4) is 17.2 Å². The summed E-state index contributed by atoms with van der Waals surface area (Å²) in [5.41, 5.74) is -0.126. The van der Waals surface area contributed by atoms with Crippen LogP contribution >= 0.6 is 0 Å². The fraction of sp³-hybridized carbons (Fsp3) is 0.500. The molecule has 1 aliphatic rings. The van der Waals surface area contributed by atoms with Crippen molar-refractivity contribution in [3.05, 3.63) is 35.8 Å². The molecule has 1 aliphatic heterocycles. The van der Waals surface area contributed by atoms with Gasteiger partial charge in [0.15, 0.2) is 11.5 Å². The summed E-state index contributed by atoms with van der Waals surface area (Å²) >= 11 is 0. The van der Waals surface area contributed by atoms with Crippen molar-refractivity contribution in [3.63, 3.8) is 0 Å². The lowest BCUT2D eigenvalue weighted by atomic mass is 9.90. The molecule has 0 unspecified atom stereocenters. The summed E-state index contributed by atoms with van der Waals surface area (Å²) in [6.07, 6.45) is 4.79. The highest BCUT2D eigenvalue weighted by molar-refractivity contribution is 6.51. The molecule has 8 heteroatoms. The molecule has 0 aromatic heterocycles. The maximum absolute atomic E-state index is 11.7. The Morgan fingerprint density at radius 3 is 2.20 bits per heavy atom. The zero-order valence-corrected chi connectivity index (χ0v) is 18.8. The van der Waals surface area contributed by atoms with Crippen LogP contribution < -0.4 is 14.2 Å². The second kappa shape index (κ2) is 10.0. The molecule has 0 saturated carbocycles. The molecule has 1 aromatic carbocycles. The molecule has 2 rings (SSSR count). The van der Waals surface area contributed by atoms with Crippen LogP contribution in [-0.2, 0) is 18.8 Å². The third-order valence-electron chi connectivity index (χ3n) is 5.10. The summed E-state index contributed by atoms with van der Waals surface area (Å²) in [6, 6.07) is 3.45. The predicted molar refractivity (Wildman–Crippen MR) is 116 cm³/mol. The lowest BCUT2D eigenvalue weighted by Gasteiger charge is -2.32. The average molecular weight is 418 g/mol. The van der Waals surface area contributed by atoms with Gasteiger partial charge in [-0.15, -0.1) is 0 Å². The van der Waals surface area contributed by atoms with E-state index in [2.05, 4.69) is 0 Å². The number of hydrogen-bond acceptors (Lipinski definition) is 7. The first-order valence-corrected chi connectivity index (χ1v) is 9.89. The van der Waals surface area contributed by atoms with Crippen LogP contribution in [0, 0.1) is 0 Å². The second-order valence-corrected chi connectivity index (χ2v) is 7.69. The van der Waals surface area contributed by atoms with Crippen molar-refractivity contribution in [1.29, 1.82) is 0 Å². The summed E-state index contributed by atoms with van der Waals surface area (Å²) in [7, 11) is 2.66. The van der Waals surface area contributed by atoms with Crippen LogP contribution in [0.5, 0.6) is 17.2 Å². The van der Waals surface area contributed by atoms with E-state index in [4.69, 9.17) is 28.3 Å². The van der Waals surface area contributed by atoms with E-state index in [1.54, 1.807) is 39.4 Å². The number of esters is 1. The Labute approximate surface area is 179 Å². The van der Waals surface area contributed by atoms with Crippen molar-refractivity contribution < 1.29 is 33.1 Å². The first kappa shape index (κ1) is 23.8. The van der Waals surface area contributed by atoms with Gasteiger partial charge in [0.05, 0.1) is 32.0 Å². The third kappa shape index (κ3) is 5.80. The molecule has 1 heterocycles. The first-order valence-electron chi connectivity index (χ1n) is 9.89. The van der Waals surface area contributed by atoms with E-state index in [0.717, 1.165) is 0 Å². The van der Waals surface area contributed by atoms with E-state index in [1.165, 1.54) is 6.08 Å². The predicted octanol–water partition coefficient (Wildman–Crippen LogP) is 3.85. The third-order valence-corrected chi connectivity index (χ3v) is 5.10. The van der Waals surface area contributed by atoms with E-state index in [1.807, 2.05) is 39.7 Å². The van der Waals surface area contributed by atoms with Crippen LogP contribution in [0.25, 0.3) is 6.08 Å². The molecular weight excluding hydrogens is 387 g/mol. The molecule has 0 radical (unpaired) electrons. The summed E-state index contributed by atoms with van der Waals surface area (Å²) in [5, 5.41) is 0. The topological polar surface area (TPSA) is 72.5 Å². The van der Waals surface area contributed by atoms with Crippen LogP contribution in [-0.4, -0.2) is 51.7 Å². The van der Waals surface area contributed by atoms with Crippen LogP contribution in [0.4, 0.5) is 0 Å². The lowest BCUT2D eigenvalue weighted by Crippen LogP contribution is -2.41. The van der Waals surface area contributed by atoms with Gasteiger partial charge in [-0.25, -0.2) is 4.79 Å². The van der Waals surface area contributed by atoms with Gasteiger partial charge in [-0.1, -0.05) is 12.1 Å². The van der Waals surface area contributed by atoms with Crippen LogP contribution in [0.3, 0.4) is 0 Å². The Kier molecular flexibility index (Phi) is 7.98. The quantitative estimate of drug-likeness (QED) is 0.343. The summed E-state index contributed by atoms with van der Waals surface area (Å²) in [6.45, 7) is 10.4. The Hall–Kier alpha value is -2.45. The Morgan fingerprint density at radius 2 is 1.63 bits per heavy atom. The van der Waals surface area contributed by atoms with Crippen molar-refractivity contribution >= 4 is 19.2 Å². The van der Waals surface area contributed by atoms with Crippen molar-refractivity contribution in [2.45, 2.75) is 45.8 Å². The minimum Gasteiger partial charge on any atom is -0.493 e. The Balaban J connectivity index is 2.12. The van der Waals surface area contributed by atoms with Gasteiger partial charge in [-0.05, 0) is 46.8 Å². The summed E-state index contributed by atoms with van der Waals surface area (Å²) in [4.78, 5) is 11.7. The maximum atomic E-state index is 11.7. The monoisotopic (exact) mass is 418 g/mol. The fourth-order valence-corrected chi connectivity index (χ4v) is 2.75. The van der Waals surface area contributed by atoms with E-state index in [9.17, 15) is 4.79 Å². The number of ether oxygens (including phenoxy) is 4. The van der Waals surface area contributed by atoms with Crippen LogP contribution in [0.15, 0.2) is 30.3 Å². The molecule has 0 spiro atoms. The highest BCUT2D eigenvalue weighted by atomic mass is 16.7. The van der Waals surface area contributed by atoms with Gasteiger partial charge < -0.3 is 28.3 Å². The highest BCUT2D eigenvalue weighted by Crippen LogP contribution is 2.37. The standard InChI is InChI=1S/C22H31BO7/c1-8-27-20(24)11-10-16-14-18(25-6)19(26-7)15-17(16)28-13-9-12-23-29-21(2,3)22(4,5)30-23/h9-12,14-15H,8,13H2,1-7H3/b11-10-,12-9+. The summed E-state index contributed by atoms with van der Waals surface area (Å²) in [5.74, 6) is 2.98. The molecule has 0 atom stereocenters. The normalized spacial score (nSPS) is 17.5. The molecule has 30 heavy (non-hydrogen) atoms. The lowest BCUT2D eigenvalue weighted by molar-refractivity contribution is -0.137. The number of benzene rings is 1. The molecule has 0 N–H and O–H groups in total. The average Bonchev–Trinajstić information content (AvgIpc) is 2.90. The fourth-order valence-electron chi connectivity index (χ4n) is 2.75. The van der Waals surface area contributed by atoms with Gasteiger partial charge in [0.1, 0.15) is 12.4 Å². The molecule has 0 bridgehead atoms. The zero-order valence-electron chi connectivity index (χ0n) is 18.8. The SMILES string of the molecule is CCOC(=O)/C=C\c1cc(OC)c(OC)cc1OC/C=C/B1OC(C)(C)C(C)(C)O1. The summed E-state index contributed by atoms with van der Waals surface area (Å²) < 4.78 is 33.4.